The summed E-state index contributed by atoms with van der Waals surface area (Å²) in [6, 6.07) is 5.12. The van der Waals surface area contributed by atoms with Gasteiger partial charge in [-0.2, -0.15) is 0 Å². The first-order valence-corrected chi connectivity index (χ1v) is 9.88. The Labute approximate surface area is 153 Å². The molecule has 6 nitrogen and oxygen atoms in total. The number of aliphatic carboxylic acids is 1. The van der Waals surface area contributed by atoms with E-state index in [9.17, 15) is 36.3 Å². The molecule has 148 valence electrons. The molecular formula is C17H18F3NO5S. The van der Waals surface area contributed by atoms with Crippen LogP contribution in [0.25, 0.3) is 0 Å². The van der Waals surface area contributed by atoms with Crippen molar-refractivity contribution in [3.8, 4) is 0 Å². The smallest absolute Gasteiger partial charge is 0.307 e. The van der Waals surface area contributed by atoms with E-state index in [2.05, 4.69) is 0 Å². The molecule has 0 aromatic heterocycles. The fourth-order valence-corrected chi connectivity index (χ4v) is 5.48. The van der Waals surface area contributed by atoms with Crippen LogP contribution in [0.1, 0.15) is 18.4 Å². The van der Waals surface area contributed by atoms with E-state index in [1.165, 1.54) is 24.3 Å². The summed E-state index contributed by atoms with van der Waals surface area (Å²) >= 11 is 0. The largest absolute Gasteiger partial charge is 0.481 e. The van der Waals surface area contributed by atoms with Gasteiger partial charge in [0.2, 0.25) is 5.91 Å². The molecule has 0 radical (unpaired) electrons. The third kappa shape index (κ3) is 3.67. The van der Waals surface area contributed by atoms with Crippen molar-refractivity contribution in [3.63, 3.8) is 0 Å². The summed E-state index contributed by atoms with van der Waals surface area (Å²) < 4.78 is 64.2. The van der Waals surface area contributed by atoms with Crippen LogP contribution >= 0.6 is 0 Å². The number of hydrogen-bond acceptors (Lipinski definition) is 4. The van der Waals surface area contributed by atoms with Crippen molar-refractivity contribution in [3.05, 3.63) is 29.8 Å². The average Bonchev–Trinajstić information content (AvgIpc) is 3.05. The number of sulfone groups is 1. The second-order valence-electron chi connectivity index (χ2n) is 7.02. The van der Waals surface area contributed by atoms with E-state index in [0.29, 0.717) is 5.56 Å². The molecule has 1 aliphatic carbocycles. The van der Waals surface area contributed by atoms with Crippen molar-refractivity contribution in [2.24, 2.45) is 11.8 Å². The van der Waals surface area contributed by atoms with E-state index in [4.69, 9.17) is 0 Å². The molecule has 3 rings (SSSR count). The summed E-state index contributed by atoms with van der Waals surface area (Å²) in [5.74, 6) is -7.48. The SMILES string of the molecule is O=C(O)[C@@H]1C[C@@H](S(=O)(=O)c2ccc(CF)cc2)C[C@H]1C(=O)N1CC(F)(F)C1. The van der Waals surface area contributed by atoms with Gasteiger partial charge >= 0.3 is 5.97 Å². The zero-order valence-corrected chi connectivity index (χ0v) is 15.0. The molecule has 10 heteroatoms. The number of benzene rings is 1. The minimum Gasteiger partial charge on any atom is -0.481 e. The molecule has 3 atom stereocenters. The molecular weight excluding hydrogens is 387 g/mol. The molecule has 0 unspecified atom stereocenters. The maximum absolute atomic E-state index is 13.0. The summed E-state index contributed by atoms with van der Waals surface area (Å²) in [7, 11) is -3.94. The van der Waals surface area contributed by atoms with Crippen molar-refractivity contribution < 1.29 is 36.3 Å². The molecule has 1 aromatic carbocycles. The van der Waals surface area contributed by atoms with Crippen LogP contribution in [0.15, 0.2) is 29.2 Å². The molecule has 27 heavy (non-hydrogen) atoms. The summed E-state index contributed by atoms with van der Waals surface area (Å²) in [5, 5.41) is 8.25. The zero-order chi connectivity index (χ0) is 20.0. The number of rotatable bonds is 5. The lowest BCUT2D eigenvalue weighted by Gasteiger charge is -2.40. The van der Waals surface area contributed by atoms with Crippen LogP contribution in [0, 0.1) is 11.8 Å². The Morgan fingerprint density at radius 1 is 1.11 bits per heavy atom. The molecule has 1 N–H and O–H groups in total. The van der Waals surface area contributed by atoms with Gasteiger partial charge in [0.25, 0.3) is 5.92 Å². The predicted octanol–water partition coefficient (Wildman–Crippen LogP) is 1.89. The first-order valence-electron chi connectivity index (χ1n) is 8.33. The van der Waals surface area contributed by atoms with Gasteiger partial charge in [-0.3, -0.25) is 9.59 Å². The zero-order valence-electron chi connectivity index (χ0n) is 14.1. The van der Waals surface area contributed by atoms with Crippen molar-refractivity contribution in [1.82, 2.24) is 4.90 Å². The van der Waals surface area contributed by atoms with Crippen molar-refractivity contribution in [2.75, 3.05) is 13.1 Å². The third-order valence-corrected chi connectivity index (χ3v) is 7.35. The molecule has 0 bridgehead atoms. The maximum Gasteiger partial charge on any atom is 0.307 e. The molecule has 1 saturated carbocycles. The number of nitrogens with zero attached hydrogens (tertiary/aromatic N) is 1. The first-order chi connectivity index (χ1) is 12.5. The van der Waals surface area contributed by atoms with Crippen molar-refractivity contribution in [2.45, 2.75) is 35.6 Å². The summed E-state index contributed by atoms with van der Waals surface area (Å²) in [5.41, 5.74) is 0.301. The highest BCUT2D eigenvalue weighted by Crippen LogP contribution is 2.41. The molecule has 2 aliphatic rings. The van der Waals surface area contributed by atoms with E-state index >= 15 is 0 Å². The van der Waals surface area contributed by atoms with Crippen LogP contribution in [0.2, 0.25) is 0 Å². The van der Waals surface area contributed by atoms with E-state index in [1.54, 1.807) is 0 Å². The Morgan fingerprint density at radius 2 is 1.67 bits per heavy atom. The minimum atomic E-state index is -3.94. The number of amides is 1. The normalized spacial score (nSPS) is 27.2. The van der Waals surface area contributed by atoms with E-state index in [0.717, 1.165) is 4.90 Å². The van der Waals surface area contributed by atoms with E-state index < -0.39 is 64.5 Å². The number of halogens is 3. The third-order valence-electron chi connectivity index (χ3n) is 5.15. The Bertz CT molecular complexity index is 848. The maximum atomic E-state index is 13.0. The van der Waals surface area contributed by atoms with E-state index in [1.807, 2.05) is 0 Å². The Morgan fingerprint density at radius 3 is 2.15 bits per heavy atom. The van der Waals surface area contributed by atoms with Gasteiger partial charge in [0.1, 0.15) is 6.67 Å². The lowest BCUT2D eigenvalue weighted by Crippen LogP contribution is -2.60. The fourth-order valence-electron chi connectivity index (χ4n) is 3.65. The Hall–Kier alpha value is -2.10. The second-order valence-corrected chi connectivity index (χ2v) is 9.25. The van der Waals surface area contributed by atoms with Gasteiger partial charge in [-0.1, -0.05) is 12.1 Å². The molecule has 1 aromatic rings. The predicted molar refractivity (Wildman–Crippen MR) is 87.6 cm³/mol. The molecule has 0 spiro atoms. The molecule has 2 fully saturated rings. The average molecular weight is 405 g/mol. The van der Waals surface area contributed by atoms with Crippen LogP contribution in [-0.2, 0) is 26.1 Å². The topological polar surface area (TPSA) is 91.7 Å². The Balaban J connectivity index is 1.81. The molecule has 1 saturated heterocycles. The first kappa shape index (κ1) is 19.7. The quantitative estimate of drug-likeness (QED) is 0.808. The monoisotopic (exact) mass is 405 g/mol. The molecule has 1 aliphatic heterocycles. The van der Waals surface area contributed by atoms with Gasteiger partial charge in [0, 0.05) is 0 Å². The van der Waals surface area contributed by atoms with Gasteiger partial charge in [-0.15, -0.1) is 0 Å². The number of carbonyl (C=O) groups is 2. The highest BCUT2D eigenvalue weighted by atomic mass is 32.2. The summed E-state index contributed by atoms with van der Waals surface area (Å²) in [6.07, 6.45) is -0.520. The minimum absolute atomic E-state index is 0.0857. The van der Waals surface area contributed by atoms with Crippen LogP contribution in [0.3, 0.4) is 0 Å². The lowest BCUT2D eigenvalue weighted by atomic mass is 9.93. The van der Waals surface area contributed by atoms with Gasteiger partial charge < -0.3 is 10.0 Å². The highest BCUT2D eigenvalue weighted by Gasteiger charge is 2.53. The number of carbonyl (C=O) groups excluding carboxylic acids is 1. The lowest BCUT2D eigenvalue weighted by molar-refractivity contribution is -0.172. The number of hydrogen-bond donors (Lipinski definition) is 1. The van der Waals surface area contributed by atoms with Gasteiger partial charge in [0.05, 0.1) is 35.1 Å². The van der Waals surface area contributed by atoms with Gasteiger partial charge in [0.15, 0.2) is 9.84 Å². The van der Waals surface area contributed by atoms with Gasteiger partial charge in [-0.25, -0.2) is 21.6 Å². The summed E-state index contributed by atoms with van der Waals surface area (Å²) in [6.45, 7) is -2.31. The fraction of sp³-hybridized carbons (Fsp3) is 0.529. The summed E-state index contributed by atoms with van der Waals surface area (Å²) in [4.78, 5) is 24.7. The highest BCUT2D eigenvalue weighted by molar-refractivity contribution is 7.92. The number of alkyl halides is 3. The van der Waals surface area contributed by atoms with Crippen LogP contribution < -0.4 is 0 Å². The number of likely N-dealkylation sites (tertiary alicyclic amines) is 1. The van der Waals surface area contributed by atoms with Crippen LogP contribution in [-0.4, -0.2) is 54.6 Å². The van der Waals surface area contributed by atoms with Crippen molar-refractivity contribution in [1.29, 1.82) is 0 Å². The van der Waals surface area contributed by atoms with Gasteiger partial charge in [-0.05, 0) is 30.5 Å². The number of carboxylic acid groups (broad SMARTS) is 1. The van der Waals surface area contributed by atoms with Crippen molar-refractivity contribution >= 4 is 21.7 Å². The molecule has 1 heterocycles. The second kappa shape index (κ2) is 6.81. The van der Waals surface area contributed by atoms with Crippen LogP contribution in [0.5, 0.6) is 0 Å². The Kier molecular flexibility index (Phi) is 4.96. The standard InChI is InChI=1S/C17H18F3NO5S/c18-7-10-1-3-11(4-2-10)27(25,26)12-5-13(14(6-12)16(23)24)15(22)21-8-17(19,20)9-21/h1-4,12-14H,5-9H2,(H,23,24)/t12-,13+,14+/m0/s1. The van der Waals surface area contributed by atoms with E-state index in [-0.39, 0.29) is 17.7 Å². The number of carboxylic acids is 1. The van der Waals surface area contributed by atoms with Crippen LogP contribution in [0.4, 0.5) is 13.2 Å². The molecule has 1 amide bonds.